The zero-order chi connectivity index (χ0) is 22.1. The minimum absolute atomic E-state index is 0.448. The molecule has 0 aliphatic heterocycles. The molecule has 0 bridgehead atoms. The van der Waals surface area contributed by atoms with Gasteiger partial charge in [-0.3, -0.25) is 4.79 Å². The van der Waals surface area contributed by atoms with E-state index in [9.17, 15) is 9.59 Å². The fourth-order valence-corrected chi connectivity index (χ4v) is 2.55. The molecule has 0 unspecified atom stereocenters. The Balaban J connectivity index is 2.00. The normalized spacial score (nSPS) is 11.5. The summed E-state index contributed by atoms with van der Waals surface area (Å²) < 4.78 is 26.0. The van der Waals surface area contributed by atoms with Crippen LogP contribution in [0.15, 0.2) is 42.5 Å². The van der Waals surface area contributed by atoms with Crippen molar-refractivity contribution >= 4 is 23.6 Å². The average molecular weight is 415 g/mol. The fraction of sp³-hybridized carbons (Fsp3) is 0.273. The highest BCUT2D eigenvalue weighted by atomic mass is 16.5. The number of carbonyl (C=O) groups excluding carboxylic acids is 2. The molecule has 1 atom stereocenters. The smallest absolute Gasteiger partial charge is 0.331 e. The van der Waals surface area contributed by atoms with Gasteiger partial charge < -0.3 is 29.0 Å². The van der Waals surface area contributed by atoms with E-state index >= 15 is 0 Å². The van der Waals surface area contributed by atoms with Gasteiger partial charge in [-0.25, -0.2) is 4.79 Å². The summed E-state index contributed by atoms with van der Waals surface area (Å²) in [5, 5.41) is 2.67. The summed E-state index contributed by atoms with van der Waals surface area (Å²) in [5.74, 6) is 0.915. The maximum atomic E-state index is 12.2. The van der Waals surface area contributed by atoms with E-state index in [0.717, 1.165) is 0 Å². The summed E-state index contributed by atoms with van der Waals surface area (Å²) in [7, 11) is 6.07. The van der Waals surface area contributed by atoms with E-state index in [2.05, 4.69) is 5.32 Å². The van der Waals surface area contributed by atoms with E-state index in [0.29, 0.717) is 34.2 Å². The minimum Gasteiger partial charge on any atom is -0.497 e. The molecule has 0 aromatic heterocycles. The number of hydrogen-bond donors (Lipinski definition) is 1. The standard InChI is InChI=1S/C22H25NO7/c1-14(22(25)23-16-7-9-17(26-2)10-8-16)30-20(24)11-6-15-12-18(27-3)21(29-5)19(13-15)28-4/h6-14H,1-5H3,(H,23,25)/b11-6+/t14-/m0/s1. The number of amides is 1. The molecule has 0 radical (unpaired) electrons. The van der Waals surface area contributed by atoms with E-state index in [1.165, 1.54) is 40.4 Å². The second kappa shape index (κ2) is 10.8. The highest BCUT2D eigenvalue weighted by Crippen LogP contribution is 2.38. The van der Waals surface area contributed by atoms with Crippen LogP contribution in [0.5, 0.6) is 23.0 Å². The van der Waals surface area contributed by atoms with Crippen LogP contribution in [0.2, 0.25) is 0 Å². The second-order valence-electron chi connectivity index (χ2n) is 6.09. The topological polar surface area (TPSA) is 92.3 Å². The maximum absolute atomic E-state index is 12.2. The molecule has 1 amide bonds. The van der Waals surface area contributed by atoms with Crippen LogP contribution in [0.1, 0.15) is 12.5 Å². The van der Waals surface area contributed by atoms with Crippen molar-refractivity contribution in [3.8, 4) is 23.0 Å². The second-order valence-corrected chi connectivity index (χ2v) is 6.09. The number of nitrogens with one attached hydrogen (secondary N) is 1. The summed E-state index contributed by atoms with van der Waals surface area (Å²) in [6.07, 6.45) is 1.77. The average Bonchev–Trinajstić information content (AvgIpc) is 2.77. The molecule has 1 N–H and O–H groups in total. The first-order valence-electron chi connectivity index (χ1n) is 9.05. The van der Waals surface area contributed by atoms with Gasteiger partial charge in [0.05, 0.1) is 28.4 Å². The van der Waals surface area contributed by atoms with Crippen LogP contribution in [-0.2, 0) is 14.3 Å². The Morgan fingerprint density at radius 3 is 2.00 bits per heavy atom. The molecule has 0 spiro atoms. The van der Waals surface area contributed by atoms with Crippen molar-refractivity contribution in [3.05, 3.63) is 48.0 Å². The summed E-state index contributed by atoms with van der Waals surface area (Å²) in [5.41, 5.74) is 1.20. The Labute approximate surface area is 175 Å². The summed E-state index contributed by atoms with van der Waals surface area (Å²) in [6, 6.07) is 10.2. The van der Waals surface area contributed by atoms with Gasteiger partial charge in [0.15, 0.2) is 17.6 Å². The summed E-state index contributed by atoms with van der Waals surface area (Å²) in [4.78, 5) is 24.3. The van der Waals surface area contributed by atoms with Gasteiger partial charge >= 0.3 is 5.97 Å². The third-order valence-corrected chi connectivity index (χ3v) is 4.12. The van der Waals surface area contributed by atoms with Gasteiger partial charge in [-0.15, -0.1) is 0 Å². The Morgan fingerprint density at radius 1 is 0.900 bits per heavy atom. The number of carbonyl (C=O) groups is 2. The highest BCUT2D eigenvalue weighted by molar-refractivity contribution is 5.96. The maximum Gasteiger partial charge on any atom is 0.331 e. The van der Waals surface area contributed by atoms with Gasteiger partial charge in [0.1, 0.15) is 5.75 Å². The van der Waals surface area contributed by atoms with Gasteiger partial charge in [0, 0.05) is 11.8 Å². The van der Waals surface area contributed by atoms with Crippen molar-refractivity contribution in [2.75, 3.05) is 33.8 Å². The lowest BCUT2D eigenvalue weighted by molar-refractivity contribution is -0.148. The van der Waals surface area contributed by atoms with Crippen LogP contribution in [0, 0.1) is 0 Å². The van der Waals surface area contributed by atoms with Crippen molar-refractivity contribution in [1.29, 1.82) is 0 Å². The Morgan fingerprint density at radius 2 is 1.50 bits per heavy atom. The highest BCUT2D eigenvalue weighted by Gasteiger charge is 2.17. The van der Waals surface area contributed by atoms with Gasteiger partial charge in [-0.2, -0.15) is 0 Å². The van der Waals surface area contributed by atoms with Crippen LogP contribution in [0.25, 0.3) is 6.08 Å². The van der Waals surface area contributed by atoms with Crippen LogP contribution in [0.3, 0.4) is 0 Å². The third-order valence-electron chi connectivity index (χ3n) is 4.12. The van der Waals surface area contributed by atoms with E-state index in [1.54, 1.807) is 43.5 Å². The van der Waals surface area contributed by atoms with Crippen molar-refractivity contribution in [2.45, 2.75) is 13.0 Å². The lowest BCUT2D eigenvalue weighted by Gasteiger charge is -2.13. The molecule has 0 saturated heterocycles. The van der Waals surface area contributed by atoms with Crippen LogP contribution in [0.4, 0.5) is 5.69 Å². The first-order valence-corrected chi connectivity index (χ1v) is 9.05. The molecule has 2 aromatic rings. The van der Waals surface area contributed by atoms with Crippen molar-refractivity contribution in [1.82, 2.24) is 0 Å². The lowest BCUT2D eigenvalue weighted by atomic mass is 10.1. The molecule has 0 aliphatic carbocycles. The molecule has 2 aromatic carbocycles. The number of rotatable bonds is 9. The summed E-state index contributed by atoms with van der Waals surface area (Å²) >= 11 is 0. The zero-order valence-corrected chi connectivity index (χ0v) is 17.6. The molecule has 0 fully saturated rings. The molecule has 8 heteroatoms. The molecular formula is C22H25NO7. The number of benzene rings is 2. The first kappa shape index (κ1) is 22.6. The van der Waals surface area contributed by atoms with Gasteiger partial charge in [0.2, 0.25) is 5.75 Å². The van der Waals surface area contributed by atoms with Crippen molar-refractivity contribution in [2.24, 2.45) is 0 Å². The van der Waals surface area contributed by atoms with E-state index < -0.39 is 18.0 Å². The molecule has 160 valence electrons. The van der Waals surface area contributed by atoms with Gasteiger partial charge in [-0.05, 0) is 55.0 Å². The van der Waals surface area contributed by atoms with Crippen LogP contribution < -0.4 is 24.3 Å². The number of hydrogen-bond acceptors (Lipinski definition) is 7. The SMILES string of the molecule is COc1ccc(NC(=O)[C@H](C)OC(=O)/C=C/c2cc(OC)c(OC)c(OC)c2)cc1. The predicted octanol–water partition coefficient (Wildman–Crippen LogP) is 3.30. The molecule has 8 nitrogen and oxygen atoms in total. The molecule has 0 heterocycles. The fourth-order valence-electron chi connectivity index (χ4n) is 2.55. The lowest BCUT2D eigenvalue weighted by Crippen LogP contribution is -2.29. The Bertz CT molecular complexity index is 881. The van der Waals surface area contributed by atoms with Crippen molar-refractivity contribution in [3.63, 3.8) is 0 Å². The van der Waals surface area contributed by atoms with Crippen LogP contribution >= 0.6 is 0 Å². The molecular weight excluding hydrogens is 390 g/mol. The molecule has 0 aliphatic rings. The summed E-state index contributed by atoms with van der Waals surface area (Å²) in [6.45, 7) is 1.49. The third kappa shape index (κ3) is 5.91. The molecule has 30 heavy (non-hydrogen) atoms. The van der Waals surface area contributed by atoms with Crippen LogP contribution in [-0.4, -0.2) is 46.4 Å². The zero-order valence-electron chi connectivity index (χ0n) is 17.6. The number of anilines is 1. The number of ether oxygens (including phenoxy) is 5. The first-order chi connectivity index (χ1) is 14.4. The Kier molecular flexibility index (Phi) is 8.10. The molecule has 2 rings (SSSR count). The minimum atomic E-state index is -0.982. The predicted molar refractivity (Wildman–Crippen MR) is 112 cm³/mol. The monoisotopic (exact) mass is 415 g/mol. The van der Waals surface area contributed by atoms with Crippen molar-refractivity contribution < 1.29 is 33.3 Å². The molecule has 0 saturated carbocycles. The van der Waals surface area contributed by atoms with E-state index in [-0.39, 0.29) is 0 Å². The van der Waals surface area contributed by atoms with E-state index in [4.69, 9.17) is 23.7 Å². The largest absolute Gasteiger partial charge is 0.497 e. The van der Waals surface area contributed by atoms with Gasteiger partial charge in [-0.1, -0.05) is 0 Å². The quantitative estimate of drug-likeness (QED) is 0.496. The van der Waals surface area contributed by atoms with E-state index in [1.807, 2.05) is 0 Å². The number of esters is 1. The Hall–Kier alpha value is -3.68. The number of methoxy groups -OCH3 is 4. The van der Waals surface area contributed by atoms with Gasteiger partial charge in [0.25, 0.3) is 5.91 Å².